The zero-order chi connectivity index (χ0) is 16.8. The molecule has 0 amide bonds. The molecule has 1 unspecified atom stereocenters. The third kappa shape index (κ3) is 2.68. The van der Waals surface area contributed by atoms with E-state index in [2.05, 4.69) is 0 Å². The fraction of sp³-hybridized carbons (Fsp3) is 0.133. The fourth-order valence-electron chi connectivity index (χ4n) is 2.33. The molecule has 0 spiro atoms. The number of hydrogen-bond acceptors (Lipinski definition) is 3. The van der Waals surface area contributed by atoms with Crippen molar-refractivity contribution in [3.63, 3.8) is 0 Å². The number of benzene rings is 1. The van der Waals surface area contributed by atoms with E-state index in [1.807, 2.05) is 0 Å². The summed E-state index contributed by atoms with van der Waals surface area (Å²) in [7, 11) is 0. The van der Waals surface area contributed by atoms with Crippen molar-refractivity contribution >= 4 is 23.6 Å². The Hall–Kier alpha value is -2.41. The lowest BCUT2D eigenvalue weighted by Gasteiger charge is -2.28. The van der Waals surface area contributed by atoms with Crippen LogP contribution >= 0.6 is 11.6 Å². The number of fused-ring (bicyclic) bond motifs is 1. The normalized spacial score (nSPS) is 17.2. The summed E-state index contributed by atoms with van der Waals surface area (Å²) in [6.45, 7) is 0. The first-order chi connectivity index (χ1) is 10.8. The van der Waals surface area contributed by atoms with Gasteiger partial charge < -0.3 is 14.3 Å². The minimum atomic E-state index is -4.85. The maximum Gasteiger partial charge on any atom is 0.430 e. The zero-order valence-electron chi connectivity index (χ0n) is 11.2. The molecule has 0 saturated carbocycles. The predicted octanol–water partition coefficient (Wildman–Crippen LogP) is 4.39. The average molecular weight is 345 g/mol. The number of alkyl halides is 3. The third-order valence-corrected chi connectivity index (χ3v) is 3.61. The van der Waals surface area contributed by atoms with Gasteiger partial charge in [-0.15, -0.1) is 0 Å². The van der Waals surface area contributed by atoms with Crippen LogP contribution in [0.2, 0.25) is 5.02 Å². The minimum absolute atomic E-state index is 0.117. The molecule has 1 aliphatic heterocycles. The van der Waals surface area contributed by atoms with E-state index in [1.165, 1.54) is 18.4 Å². The van der Waals surface area contributed by atoms with Crippen LogP contribution in [-0.4, -0.2) is 23.4 Å². The molecule has 0 aliphatic carbocycles. The highest BCUT2D eigenvalue weighted by molar-refractivity contribution is 6.33. The van der Waals surface area contributed by atoms with Crippen LogP contribution in [0, 0.1) is 0 Å². The van der Waals surface area contributed by atoms with Gasteiger partial charge in [-0.05, 0) is 30.3 Å². The van der Waals surface area contributed by atoms with Crippen molar-refractivity contribution < 1.29 is 32.2 Å². The summed E-state index contributed by atoms with van der Waals surface area (Å²) in [5, 5.41) is 9.29. The summed E-state index contributed by atoms with van der Waals surface area (Å²) < 4.78 is 49.2. The molecule has 0 saturated heterocycles. The molecule has 3 rings (SSSR count). The Morgan fingerprint density at radius 2 is 2.00 bits per heavy atom. The third-order valence-electron chi connectivity index (χ3n) is 3.29. The van der Waals surface area contributed by atoms with Gasteiger partial charge in [0.05, 0.1) is 16.9 Å². The van der Waals surface area contributed by atoms with Crippen LogP contribution in [0.3, 0.4) is 0 Å². The number of ether oxygens (including phenoxy) is 1. The number of aliphatic carboxylic acids is 1. The van der Waals surface area contributed by atoms with Crippen molar-refractivity contribution in [2.75, 3.05) is 0 Å². The van der Waals surface area contributed by atoms with Crippen molar-refractivity contribution in [3.05, 3.63) is 46.7 Å². The fourth-order valence-corrected chi connectivity index (χ4v) is 2.59. The van der Waals surface area contributed by atoms with Crippen LogP contribution in [0.25, 0.3) is 17.4 Å². The summed E-state index contributed by atoms with van der Waals surface area (Å²) in [4.78, 5) is 11.2. The van der Waals surface area contributed by atoms with E-state index in [0.29, 0.717) is 5.76 Å². The van der Waals surface area contributed by atoms with Crippen LogP contribution in [0.15, 0.2) is 40.5 Å². The van der Waals surface area contributed by atoms with Crippen molar-refractivity contribution in [1.29, 1.82) is 0 Å². The van der Waals surface area contributed by atoms with Gasteiger partial charge in [-0.25, -0.2) is 4.79 Å². The van der Waals surface area contributed by atoms with Crippen molar-refractivity contribution in [2.45, 2.75) is 12.3 Å². The summed E-state index contributed by atoms with van der Waals surface area (Å²) in [6, 6.07) is 5.77. The van der Waals surface area contributed by atoms with E-state index in [0.717, 1.165) is 6.08 Å². The molecule has 2 heterocycles. The molecule has 0 bridgehead atoms. The van der Waals surface area contributed by atoms with Gasteiger partial charge in [-0.1, -0.05) is 11.6 Å². The Morgan fingerprint density at radius 1 is 1.26 bits per heavy atom. The molecule has 120 valence electrons. The van der Waals surface area contributed by atoms with Gasteiger partial charge in [-0.3, -0.25) is 0 Å². The molecule has 1 N–H and O–H groups in total. The predicted molar refractivity (Wildman–Crippen MR) is 75.2 cm³/mol. The van der Waals surface area contributed by atoms with Gasteiger partial charge in [0.1, 0.15) is 11.5 Å². The molecule has 23 heavy (non-hydrogen) atoms. The highest BCUT2D eigenvalue weighted by Gasteiger charge is 2.48. The smallest absolute Gasteiger partial charge is 0.430 e. The van der Waals surface area contributed by atoms with E-state index in [-0.39, 0.29) is 21.9 Å². The van der Waals surface area contributed by atoms with Crippen molar-refractivity contribution in [1.82, 2.24) is 0 Å². The second-order valence-electron chi connectivity index (χ2n) is 4.76. The molecule has 1 aliphatic rings. The molecule has 0 radical (unpaired) electrons. The van der Waals surface area contributed by atoms with Gasteiger partial charge in [0, 0.05) is 11.1 Å². The quantitative estimate of drug-likeness (QED) is 0.877. The molecular formula is C15H8ClF3O4. The van der Waals surface area contributed by atoms with Crippen LogP contribution < -0.4 is 4.74 Å². The maximum absolute atomic E-state index is 13.0. The van der Waals surface area contributed by atoms with Crippen LogP contribution in [-0.2, 0) is 4.79 Å². The van der Waals surface area contributed by atoms with E-state index in [4.69, 9.17) is 25.9 Å². The molecule has 1 aromatic carbocycles. The first-order valence-corrected chi connectivity index (χ1v) is 6.71. The lowest BCUT2D eigenvalue weighted by molar-refractivity contribution is -0.187. The first kappa shape index (κ1) is 15.5. The lowest BCUT2D eigenvalue weighted by Crippen LogP contribution is -2.40. The minimum Gasteiger partial charge on any atom is -0.478 e. The van der Waals surface area contributed by atoms with Gasteiger partial charge in [-0.2, -0.15) is 13.2 Å². The highest BCUT2D eigenvalue weighted by atomic mass is 35.5. The number of carbonyl (C=O) groups is 1. The Bertz CT molecular complexity index is 794. The molecule has 1 aromatic heterocycles. The number of halogens is 4. The molecule has 2 aromatic rings. The summed E-state index contributed by atoms with van der Waals surface area (Å²) in [5.41, 5.74) is -0.515. The number of carboxylic acid groups (broad SMARTS) is 1. The molecule has 1 atom stereocenters. The van der Waals surface area contributed by atoms with Crippen LogP contribution in [0.4, 0.5) is 13.2 Å². The molecular weight excluding hydrogens is 337 g/mol. The van der Waals surface area contributed by atoms with Crippen molar-refractivity contribution in [2.24, 2.45) is 0 Å². The molecule has 4 nitrogen and oxygen atoms in total. The summed E-state index contributed by atoms with van der Waals surface area (Å²) in [6.07, 6.45) is -5.11. The van der Waals surface area contributed by atoms with Gasteiger partial charge in [0.25, 0.3) is 0 Å². The van der Waals surface area contributed by atoms with Gasteiger partial charge in [0.2, 0.25) is 6.10 Å². The highest BCUT2D eigenvalue weighted by Crippen LogP contribution is 2.44. The van der Waals surface area contributed by atoms with Gasteiger partial charge in [0.15, 0.2) is 0 Å². The monoisotopic (exact) mass is 344 g/mol. The SMILES string of the molecule is O=C(O)C1=Cc2c(ccc(Cl)c2-c2ccco2)OC1C(F)(F)F. The second-order valence-corrected chi connectivity index (χ2v) is 5.16. The zero-order valence-corrected chi connectivity index (χ0v) is 12.0. The standard InChI is InChI=1S/C15H8ClF3O4/c16-9-3-4-10-7(12(9)11-2-1-5-22-11)6-8(14(20)21)13(23-10)15(17,18)19/h1-6,13H,(H,20,21). The second kappa shape index (κ2) is 5.34. The Labute approximate surface area is 132 Å². The Morgan fingerprint density at radius 3 is 2.57 bits per heavy atom. The number of furan rings is 1. The Kier molecular flexibility index (Phi) is 3.60. The Balaban J connectivity index is 2.24. The molecule has 0 fully saturated rings. The summed E-state index contributed by atoms with van der Waals surface area (Å²) in [5.74, 6) is -1.54. The first-order valence-electron chi connectivity index (χ1n) is 6.33. The average Bonchev–Trinajstić information content (AvgIpc) is 2.98. The van der Waals surface area contributed by atoms with E-state index in [1.54, 1.807) is 12.1 Å². The van der Waals surface area contributed by atoms with Crippen LogP contribution in [0.5, 0.6) is 5.75 Å². The summed E-state index contributed by atoms with van der Waals surface area (Å²) >= 11 is 6.09. The topological polar surface area (TPSA) is 59.7 Å². The van der Waals surface area contributed by atoms with Crippen molar-refractivity contribution in [3.8, 4) is 17.1 Å². The number of carboxylic acids is 1. The lowest BCUT2D eigenvalue weighted by atomic mass is 9.96. The number of hydrogen-bond donors (Lipinski definition) is 1. The molecule has 8 heteroatoms. The maximum atomic E-state index is 13.0. The largest absolute Gasteiger partial charge is 0.478 e. The van der Waals surface area contributed by atoms with E-state index in [9.17, 15) is 18.0 Å². The number of rotatable bonds is 2. The van der Waals surface area contributed by atoms with Crippen LogP contribution in [0.1, 0.15) is 5.56 Å². The van der Waals surface area contributed by atoms with E-state index < -0.39 is 23.8 Å². The van der Waals surface area contributed by atoms with E-state index >= 15 is 0 Å². The van der Waals surface area contributed by atoms with Gasteiger partial charge >= 0.3 is 12.1 Å².